The molecule has 6 heteroatoms. The molecule has 0 atom stereocenters. The number of ether oxygens (including phenoxy) is 1. The van der Waals surface area contributed by atoms with E-state index in [2.05, 4.69) is 22.1 Å². The average molecular weight is 454 g/mol. The summed E-state index contributed by atoms with van der Waals surface area (Å²) in [7, 11) is 0. The summed E-state index contributed by atoms with van der Waals surface area (Å²) in [5, 5.41) is 27.2. The molecule has 2 aromatic rings. The van der Waals surface area contributed by atoms with Crippen molar-refractivity contribution < 1.29 is 14.9 Å². The number of aliphatic hydroxyl groups is 1. The fourth-order valence-electron chi connectivity index (χ4n) is 3.43. The van der Waals surface area contributed by atoms with Gasteiger partial charge in [0.1, 0.15) is 11.5 Å². The number of benzene rings is 2. The van der Waals surface area contributed by atoms with Gasteiger partial charge in [-0.3, -0.25) is 4.99 Å². The summed E-state index contributed by atoms with van der Waals surface area (Å²) in [6, 6.07) is 12.5. The van der Waals surface area contributed by atoms with Gasteiger partial charge < -0.3 is 14.9 Å². The molecule has 33 heavy (non-hydrogen) atoms. The van der Waals surface area contributed by atoms with E-state index < -0.39 is 0 Å². The second-order valence-corrected chi connectivity index (χ2v) is 8.23. The van der Waals surface area contributed by atoms with Crippen molar-refractivity contribution in [3.63, 3.8) is 0 Å². The Morgan fingerprint density at radius 1 is 0.788 bits per heavy atom. The van der Waals surface area contributed by atoms with Gasteiger partial charge in [0.2, 0.25) is 0 Å². The highest BCUT2D eigenvalue weighted by molar-refractivity contribution is 5.84. The van der Waals surface area contributed by atoms with Gasteiger partial charge in [0.25, 0.3) is 0 Å². The lowest BCUT2D eigenvalue weighted by Gasteiger charge is -2.06. The third kappa shape index (κ3) is 11.6. The second kappa shape index (κ2) is 16.8. The number of hydrogen-bond acceptors (Lipinski definition) is 6. The second-order valence-electron chi connectivity index (χ2n) is 8.23. The molecule has 0 radical (unpaired) electrons. The van der Waals surface area contributed by atoms with Crippen LogP contribution in [0.5, 0.6) is 11.5 Å². The van der Waals surface area contributed by atoms with Gasteiger partial charge in [-0.15, -0.1) is 0 Å². The van der Waals surface area contributed by atoms with Crippen LogP contribution in [-0.2, 0) is 0 Å². The summed E-state index contributed by atoms with van der Waals surface area (Å²) >= 11 is 0. The van der Waals surface area contributed by atoms with Crippen LogP contribution in [0.1, 0.15) is 76.7 Å². The fraction of sp³-hybridized carbons (Fsp3) is 0.519. The average Bonchev–Trinajstić information content (AvgIpc) is 2.83. The predicted octanol–water partition coefficient (Wildman–Crippen LogP) is 7.52. The van der Waals surface area contributed by atoms with Crippen LogP contribution in [0, 0.1) is 0 Å². The molecule has 0 aromatic heterocycles. The van der Waals surface area contributed by atoms with Crippen molar-refractivity contribution in [3.8, 4) is 11.5 Å². The largest absolute Gasteiger partial charge is 0.507 e. The van der Waals surface area contributed by atoms with Gasteiger partial charge in [-0.05, 0) is 48.9 Å². The quantitative estimate of drug-likeness (QED) is 0.147. The smallest absolute Gasteiger partial charge is 0.124 e. The van der Waals surface area contributed by atoms with E-state index in [1.54, 1.807) is 18.2 Å². The van der Waals surface area contributed by atoms with Crippen molar-refractivity contribution in [1.29, 1.82) is 0 Å². The number of aliphatic hydroxyl groups excluding tert-OH is 1. The lowest BCUT2D eigenvalue weighted by atomic mass is 10.1. The molecule has 0 aliphatic rings. The van der Waals surface area contributed by atoms with E-state index in [0.29, 0.717) is 17.8 Å². The number of aliphatic imine (C=N–C) groups is 1. The molecule has 2 N–H and O–H groups in total. The van der Waals surface area contributed by atoms with E-state index in [1.807, 2.05) is 24.3 Å². The predicted molar refractivity (Wildman–Crippen MR) is 136 cm³/mol. The monoisotopic (exact) mass is 453 g/mol. The summed E-state index contributed by atoms with van der Waals surface area (Å²) < 4.78 is 5.84. The number of unbranched alkanes of at least 4 members (excludes halogenated alkanes) is 9. The van der Waals surface area contributed by atoms with Crippen molar-refractivity contribution in [3.05, 3.63) is 48.0 Å². The number of phenolic OH excluding ortho intramolecular Hbond substituents is 1. The molecule has 2 rings (SSSR count). The standard InChI is InChI=1S/C27H39N3O3/c1-2-3-4-5-6-7-8-9-10-11-20-33-26-15-12-24(13-16-26)29-30-25-14-17-27(32)23(21-25)22-28-18-19-31/h12-17,21-22,31-32H,2-11,18-20H2,1H3. The molecule has 6 nitrogen and oxygen atoms in total. The zero-order valence-electron chi connectivity index (χ0n) is 20.0. The van der Waals surface area contributed by atoms with Gasteiger partial charge in [0.15, 0.2) is 0 Å². The van der Waals surface area contributed by atoms with E-state index in [9.17, 15) is 5.11 Å². The van der Waals surface area contributed by atoms with E-state index in [4.69, 9.17) is 9.84 Å². The summed E-state index contributed by atoms with van der Waals surface area (Å²) in [4.78, 5) is 4.03. The first-order valence-electron chi connectivity index (χ1n) is 12.3. The summed E-state index contributed by atoms with van der Waals surface area (Å²) in [6.45, 7) is 3.26. The maximum Gasteiger partial charge on any atom is 0.124 e. The van der Waals surface area contributed by atoms with Crippen molar-refractivity contribution in [2.75, 3.05) is 19.8 Å². The van der Waals surface area contributed by atoms with E-state index in [0.717, 1.165) is 24.5 Å². The molecule has 0 spiro atoms. The molecule has 0 fully saturated rings. The molecule has 0 saturated carbocycles. The minimum Gasteiger partial charge on any atom is -0.507 e. The van der Waals surface area contributed by atoms with Crippen LogP contribution in [0.4, 0.5) is 11.4 Å². The Kier molecular flexibility index (Phi) is 13.5. The maximum absolute atomic E-state index is 9.89. The number of phenols is 1. The molecule has 0 bridgehead atoms. The van der Waals surface area contributed by atoms with Crippen molar-refractivity contribution in [2.45, 2.75) is 71.1 Å². The Balaban J connectivity index is 1.67. The van der Waals surface area contributed by atoms with Gasteiger partial charge in [-0.1, -0.05) is 64.7 Å². The molecule has 2 aromatic carbocycles. The lowest BCUT2D eigenvalue weighted by Crippen LogP contribution is -1.96. The molecule has 0 heterocycles. The summed E-state index contributed by atoms with van der Waals surface area (Å²) in [5.41, 5.74) is 1.88. The normalized spacial score (nSPS) is 11.6. The third-order valence-corrected chi connectivity index (χ3v) is 5.35. The first kappa shape index (κ1) is 26.5. The van der Waals surface area contributed by atoms with Gasteiger partial charge in [-0.2, -0.15) is 10.2 Å². The van der Waals surface area contributed by atoms with Gasteiger partial charge >= 0.3 is 0 Å². The number of hydrogen-bond donors (Lipinski definition) is 2. The minimum atomic E-state index is -0.0321. The molecule has 0 unspecified atom stereocenters. The molecular weight excluding hydrogens is 414 g/mol. The fourth-order valence-corrected chi connectivity index (χ4v) is 3.43. The third-order valence-electron chi connectivity index (χ3n) is 5.35. The van der Waals surface area contributed by atoms with Crippen molar-refractivity contribution in [2.24, 2.45) is 15.2 Å². The molecule has 0 amide bonds. The molecule has 0 aliphatic heterocycles. The zero-order chi connectivity index (χ0) is 23.6. The van der Waals surface area contributed by atoms with Crippen LogP contribution in [0.2, 0.25) is 0 Å². The van der Waals surface area contributed by atoms with Gasteiger partial charge in [0.05, 0.1) is 31.1 Å². The number of azo groups is 1. The Morgan fingerprint density at radius 2 is 1.39 bits per heavy atom. The molecular formula is C27H39N3O3. The first-order chi connectivity index (χ1) is 16.2. The van der Waals surface area contributed by atoms with Gasteiger partial charge in [0, 0.05) is 11.8 Å². The van der Waals surface area contributed by atoms with Crippen LogP contribution in [0.3, 0.4) is 0 Å². The Morgan fingerprint density at radius 3 is 2.06 bits per heavy atom. The highest BCUT2D eigenvalue weighted by Gasteiger charge is 2.01. The lowest BCUT2D eigenvalue weighted by molar-refractivity contribution is 0.304. The van der Waals surface area contributed by atoms with Crippen LogP contribution in [-0.4, -0.2) is 36.2 Å². The summed E-state index contributed by atoms with van der Waals surface area (Å²) in [6.07, 6.45) is 14.7. The zero-order valence-corrected chi connectivity index (χ0v) is 20.0. The van der Waals surface area contributed by atoms with Crippen molar-refractivity contribution in [1.82, 2.24) is 0 Å². The van der Waals surface area contributed by atoms with Crippen LogP contribution >= 0.6 is 0 Å². The maximum atomic E-state index is 9.89. The molecule has 180 valence electrons. The topological polar surface area (TPSA) is 86.8 Å². The molecule has 0 aliphatic carbocycles. The van der Waals surface area contributed by atoms with E-state index >= 15 is 0 Å². The van der Waals surface area contributed by atoms with Gasteiger partial charge in [-0.25, -0.2) is 0 Å². The van der Waals surface area contributed by atoms with E-state index in [-0.39, 0.29) is 12.4 Å². The number of nitrogens with zero attached hydrogens (tertiary/aromatic N) is 3. The first-order valence-corrected chi connectivity index (χ1v) is 12.3. The highest BCUT2D eigenvalue weighted by Crippen LogP contribution is 2.25. The van der Waals surface area contributed by atoms with Crippen LogP contribution < -0.4 is 4.74 Å². The Labute approximate surface area is 198 Å². The minimum absolute atomic E-state index is 0.0321. The molecule has 0 saturated heterocycles. The number of aromatic hydroxyl groups is 1. The Hall–Kier alpha value is -2.73. The highest BCUT2D eigenvalue weighted by atomic mass is 16.5. The van der Waals surface area contributed by atoms with Crippen molar-refractivity contribution >= 4 is 17.6 Å². The SMILES string of the molecule is CCCCCCCCCCCCOc1ccc(N=Nc2ccc(O)c(C=NCCO)c2)cc1. The van der Waals surface area contributed by atoms with Crippen LogP contribution in [0.25, 0.3) is 0 Å². The van der Waals surface area contributed by atoms with E-state index in [1.165, 1.54) is 64.0 Å². The Bertz CT molecular complexity index is 835. The van der Waals surface area contributed by atoms with Crippen LogP contribution in [0.15, 0.2) is 57.7 Å². The summed E-state index contributed by atoms with van der Waals surface area (Å²) in [5.74, 6) is 0.955. The number of rotatable bonds is 17.